The first-order valence-corrected chi connectivity index (χ1v) is 6.38. The van der Waals surface area contributed by atoms with Gasteiger partial charge in [0.05, 0.1) is 12.8 Å². The molecule has 0 bridgehead atoms. The first-order valence-electron chi connectivity index (χ1n) is 6.38. The number of esters is 1. The number of hydrogen-bond acceptors (Lipinski definition) is 3. The fourth-order valence-corrected chi connectivity index (χ4v) is 2.08. The summed E-state index contributed by atoms with van der Waals surface area (Å²) in [6.45, 7) is 1.68. The Morgan fingerprint density at radius 2 is 1.90 bits per heavy atom. The third-order valence-electron chi connectivity index (χ3n) is 3.15. The van der Waals surface area contributed by atoms with Crippen LogP contribution in [0.4, 0.5) is 14.5 Å². The Morgan fingerprint density at radius 3 is 2.52 bits per heavy atom. The number of aryl methyl sites for hydroxylation is 1. The molecular formula is C16H15F2NO2. The molecule has 0 radical (unpaired) electrons. The van der Waals surface area contributed by atoms with Gasteiger partial charge in [-0.05, 0) is 42.3 Å². The number of para-hydroxylation sites is 1. The largest absolute Gasteiger partial charge is 0.467 e. The predicted octanol–water partition coefficient (Wildman–Crippen LogP) is 3.60. The summed E-state index contributed by atoms with van der Waals surface area (Å²) in [4.78, 5) is 12.0. The minimum Gasteiger partial charge on any atom is -0.467 e. The van der Waals surface area contributed by atoms with Gasteiger partial charge in [-0.3, -0.25) is 0 Å². The maximum Gasteiger partial charge on any atom is 0.332 e. The zero-order valence-electron chi connectivity index (χ0n) is 11.7. The standard InChI is InChI=1S/C16H15F2NO2/c1-10-9-11(17)7-8-12(10)15(16(20)21-2)19-14-6-4-3-5-13(14)18/h3-9,15,19H,1-2H3. The summed E-state index contributed by atoms with van der Waals surface area (Å²) in [5.41, 5.74) is 1.29. The van der Waals surface area contributed by atoms with E-state index in [9.17, 15) is 13.6 Å². The van der Waals surface area contributed by atoms with Crippen molar-refractivity contribution in [2.24, 2.45) is 0 Å². The van der Waals surface area contributed by atoms with Gasteiger partial charge in [0.15, 0.2) is 6.04 Å². The molecule has 2 rings (SSSR count). The van der Waals surface area contributed by atoms with Gasteiger partial charge in [0.25, 0.3) is 0 Å². The number of benzene rings is 2. The number of rotatable bonds is 4. The van der Waals surface area contributed by atoms with Crippen LogP contribution in [-0.2, 0) is 9.53 Å². The average molecular weight is 291 g/mol. The minimum atomic E-state index is -0.910. The monoisotopic (exact) mass is 291 g/mol. The maximum atomic E-state index is 13.7. The van der Waals surface area contributed by atoms with Crippen LogP contribution < -0.4 is 5.32 Å². The molecule has 0 fully saturated rings. The minimum absolute atomic E-state index is 0.177. The van der Waals surface area contributed by atoms with Crippen LogP contribution >= 0.6 is 0 Å². The van der Waals surface area contributed by atoms with E-state index in [0.29, 0.717) is 11.1 Å². The quantitative estimate of drug-likeness (QED) is 0.875. The first-order chi connectivity index (χ1) is 10.0. The molecule has 0 heterocycles. The van der Waals surface area contributed by atoms with Gasteiger partial charge < -0.3 is 10.1 Å². The lowest BCUT2D eigenvalue weighted by molar-refractivity contribution is -0.141. The molecule has 21 heavy (non-hydrogen) atoms. The molecule has 1 unspecified atom stereocenters. The number of carbonyl (C=O) groups is 1. The van der Waals surface area contributed by atoms with Gasteiger partial charge in [0.2, 0.25) is 0 Å². The van der Waals surface area contributed by atoms with Crippen LogP contribution in [0.5, 0.6) is 0 Å². The highest BCUT2D eigenvalue weighted by Crippen LogP contribution is 2.25. The molecule has 0 aliphatic heterocycles. The number of methoxy groups -OCH3 is 1. The summed E-state index contributed by atoms with van der Waals surface area (Å²) in [7, 11) is 1.25. The smallest absolute Gasteiger partial charge is 0.332 e. The number of carbonyl (C=O) groups excluding carboxylic acids is 1. The summed E-state index contributed by atoms with van der Waals surface area (Å²) in [5, 5.41) is 2.80. The molecule has 0 aliphatic rings. The normalized spacial score (nSPS) is 11.8. The van der Waals surface area contributed by atoms with E-state index in [-0.39, 0.29) is 5.69 Å². The molecule has 1 atom stereocenters. The Balaban J connectivity index is 2.40. The molecule has 2 aromatic carbocycles. The second-order valence-electron chi connectivity index (χ2n) is 4.58. The number of halogens is 2. The fourth-order valence-electron chi connectivity index (χ4n) is 2.08. The summed E-state index contributed by atoms with van der Waals surface area (Å²) in [5.74, 6) is -1.45. The molecule has 110 valence electrons. The lowest BCUT2D eigenvalue weighted by atomic mass is 10.0. The lowest BCUT2D eigenvalue weighted by Gasteiger charge is -2.20. The Bertz CT molecular complexity index is 658. The third-order valence-corrected chi connectivity index (χ3v) is 3.15. The van der Waals surface area contributed by atoms with Crippen molar-refractivity contribution in [2.45, 2.75) is 13.0 Å². The van der Waals surface area contributed by atoms with Crippen molar-refractivity contribution >= 4 is 11.7 Å². The lowest BCUT2D eigenvalue weighted by Crippen LogP contribution is -2.23. The average Bonchev–Trinajstić information content (AvgIpc) is 2.46. The van der Waals surface area contributed by atoms with E-state index in [1.807, 2.05) is 0 Å². The zero-order valence-corrected chi connectivity index (χ0v) is 11.7. The van der Waals surface area contributed by atoms with Crippen molar-refractivity contribution in [3.63, 3.8) is 0 Å². The number of anilines is 1. The van der Waals surface area contributed by atoms with Crippen molar-refractivity contribution in [1.82, 2.24) is 0 Å². The summed E-state index contributed by atoms with van der Waals surface area (Å²) in [6.07, 6.45) is 0. The van der Waals surface area contributed by atoms with Gasteiger partial charge in [-0.1, -0.05) is 18.2 Å². The van der Waals surface area contributed by atoms with Crippen molar-refractivity contribution in [3.05, 3.63) is 65.2 Å². The van der Waals surface area contributed by atoms with Crippen molar-refractivity contribution in [2.75, 3.05) is 12.4 Å². The Hall–Kier alpha value is -2.43. The summed E-state index contributed by atoms with van der Waals surface area (Å²) >= 11 is 0. The highest BCUT2D eigenvalue weighted by Gasteiger charge is 2.24. The predicted molar refractivity (Wildman–Crippen MR) is 75.9 cm³/mol. The number of ether oxygens (including phenoxy) is 1. The molecule has 0 aliphatic carbocycles. The molecule has 0 spiro atoms. The van der Waals surface area contributed by atoms with E-state index < -0.39 is 23.6 Å². The maximum absolute atomic E-state index is 13.7. The van der Waals surface area contributed by atoms with E-state index in [0.717, 1.165) is 0 Å². The van der Waals surface area contributed by atoms with E-state index in [1.54, 1.807) is 19.1 Å². The van der Waals surface area contributed by atoms with Crippen LogP contribution in [0, 0.1) is 18.6 Å². The molecule has 0 amide bonds. The number of hydrogen-bond donors (Lipinski definition) is 1. The van der Waals surface area contributed by atoms with Crippen LogP contribution in [0.25, 0.3) is 0 Å². The summed E-state index contributed by atoms with van der Waals surface area (Å²) in [6, 6.07) is 9.15. The second-order valence-corrected chi connectivity index (χ2v) is 4.58. The van der Waals surface area contributed by atoms with Crippen LogP contribution in [-0.4, -0.2) is 13.1 Å². The van der Waals surface area contributed by atoms with Gasteiger partial charge in [0, 0.05) is 0 Å². The van der Waals surface area contributed by atoms with E-state index in [1.165, 1.54) is 37.4 Å². The van der Waals surface area contributed by atoms with Gasteiger partial charge in [0.1, 0.15) is 11.6 Å². The van der Waals surface area contributed by atoms with Crippen LogP contribution in [0.15, 0.2) is 42.5 Å². The molecule has 0 saturated heterocycles. The van der Waals surface area contributed by atoms with Gasteiger partial charge in [-0.2, -0.15) is 0 Å². The molecule has 1 N–H and O–H groups in total. The zero-order chi connectivity index (χ0) is 15.4. The van der Waals surface area contributed by atoms with Gasteiger partial charge in [-0.15, -0.1) is 0 Å². The topological polar surface area (TPSA) is 38.3 Å². The summed E-state index contributed by atoms with van der Waals surface area (Å²) < 4.78 is 31.7. The Kier molecular flexibility index (Phi) is 4.52. The SMILES string of the molecule is COC(=O)C(Nc1ccccc1F)c1ccc(F)cc1C. The molecule has 3 nitrogen and oxygen atoms in total. The van der Waals surface area contributed by atoms with Crippen molar-refractivity contribution in [1.29, 1.82) is 0 Å². The Morgan fingerprint density at radius 1 is 1.19 bits per heavy atom. The molecular weight excluding hydrogens is 276 g/mol. The first kappa shape index (κ1) is 15.0. The van der Waals surface area contributed by atoms with Crippen LogP contribution in [0.3, 0.4) is 0 Å². The van der Waals surface area contributed by atoms with Gasteiger partial charge >= 0.3 is 5.97 Å². The van der Waals surface area contributed by atoms with E-state index in [2.05, 4.69) is 5.32 Å². The molecule has 0 saturated carbocycles. The van der Waals surface area contributed by atoms with Crippen molar-refractivity contribution in [3.8, 4) is 0 Å². The highest BCUT2D eigenvalue weighted by atomic mass is 19.1. The highest BCUT2D eigenvalue weighted by molar-refractivity contribution is 5.81. The van der Waals surface area contributed by atoms with Gasteiger partial charge in [-0.25, -0.2) is 13.6 Å². The second kappa shape index (κ2) is 6.35. The van der Waals surface area contributed by atoms with E-state index >= 15 is 0 Å². The Labute approximate surface area is 121 Å². The third kappa shape index (κ3) is 3.37. The molecule has 2 aromatic rings. The van der Waals surface area contributed by atoms with Crippen molar-refractivity contribution < 1.29 is 18.3 Å². The molecule has 0 aromatic heterocycles. The van der Waals surface area contributed by atoms with Crippen LogP contribution in [0.2, 0.25) is 0 Å². The van der Waals surface area contributed by atoms with Crippen LogP contribution in [0.1, 0.15) is 17.2 Å². The fraction of sp³-hybridized carbons (Fsp3) is 0.188. The van der Waals surface area contributed by atoms with E-state index in [4.69, 9.17) is 4.74 Å². The molecule has 5 heteroatoms. The number of nitrogens with one attached hydrogen (secondary N) is 1.